The van der Waals surface area contributed by atoms with Crippen LogP contribution >= 0.6 is 47.2 Å². The molecule has 1 heterocycles. The number of ether oxygens (including phenoxy) is 2. The summed E-state index contributed by atoms with van der Waals surface area (Å²) in [5.41, 5.74) is 1.25. The highest BCUT2D eigenvalue weighted by Crippen LogP contribution is 2.32. The smallest absolute Gasteiger partial charge is 0.263 e. The van der Waals surface area contributed by atoms with E-state index in [0.29, 0.717) is 43.1 Å². The molecule has 0 aromatic heterocycles. The lowest BCUT2D eigenvalue weighted by molar-refractivity contribution is -0.118. The summed E-state index contributed by atoms with van der Waals surface area (Å²) in [6, 6.07) is 9.96. The minimum Gasteiger partial charge on any atom is -0.490 e. The number of thioether (sulfide) groups is 1. The summed E-state index contributed by atoms with van der Waals surface area (Å²) in [6.45, 7) is 2.02. The number of thiocarbonyl (C=S) groups is 1. The summed E-state index contributed by atoms with van der Waals surface area (Å²) in [7, 11) is 0. The average molecular weight is 483 g/mol. The van der Waals surface area contributed by atoms with E-state index in [1.165, 1.54) is 11.8 Å². The van der Waals surface area contributed by atoms with Crippen LogP contribution in [0.15, 0.2) is 41.3 Å². The van der Waals surface area contributed by atoms with Crippen LogP contribution in [0.3, 0.4) is 0 Å². The van der Waals surface area contributed by atoms with Gasteiger partial charge in [-0.25, -0.2) is 0 Å². The van der Waals surface area contributed by atoms with Crippen LogP contribution in [-0.4, -0.2) is 29.3 Å². The number of benzene rings is 2. The Morgan fingerprint density at radius 1 is 1.17 bits per heavy atom. The molecule has 156 valence electrons. The monoisotopic (exact) mass is 482 g/mol. The molecule has 0 aliphatic carbocycles. The van der Waals surface area contributed by atoms with Crippen molar-refractivity contribution < 1.29 is 19.1 Å². The third kappa shape index (κ3) is 5.89. The van der Waals surface area contributed by atoms with Gasteiger partial charge in [-0.3, -0.25) is 9.59 Å². The molecule has 0 radical (unpaired) electrons. The standard InChI is InChI=1S/C20H16Cl2N2O4S2/c1-2-27-16-7-11(8-17-19(26)24-20(29)30-17)3-6-15(16)28-10-18(25)23-12-4-5-13(21)14(22)9-12/h3-9H,2,10H2,1H3,(H,23,25)(H,24,26,29)/b17-8+. The summed E-state index contributed by atoms with van der Waals surface area (Å²) >= 11 is 18.0. The molecule has 3 rings (SSSR count). The number of carbonyl (C=O) groups is 2. The van der Waals surface area contributed by atoms with Gasteiger partial charge in [-0.05, 0) is 48.9 Å². The van der Waals surface area contributed by atoms with Crippen LogP contribution in [0.4, 0.5) is 5.69 Å². The van der Waals surface area contributed by atoms with E-state index in [-0.39, 0.29) is 18.4 Å². The predicted molar refractivity (Wildman–Crippen MR) is 125 cm³/mol. The Bertz CT molecular complexity index is 1040. The zero-order chi connectivity index (χ0) is 21.7. The fourth-order valence-electron chi connectivity index (χ4n) is 2.49. The molecule has 0 spiro atoms. The molecule has 0 saturated carbocycles. The van der Waals surface area contributed by atoms with E-state index in [4.69, 9.17) is 44.9 Å². The molecule has 0 bridgehead atoms. The van der Waals surface area contributed by atoms with Gasteiger partial charge in [0, 0.05) is 5.69 Å². The Morgan fingerprint density at radius 2 is 1.97 bits per heavy atom. The summed E-state index contributed by atoms with van der Waals surface area (Å²) in [6.07, 6.45) is 1.71. The fraction of sp³-hybridized carbons (Fsp3) is 0.150. The van der Waals surface area contributed by atoms with Crippen LogP contribution < -0.4 is 20.1 Å². The highest BCUT2D eigenvalue weighted by molar-refractivity contribution is 8.26. The second-order valence-corrected chi connectivity index (χ2v) is 8.49. The molecule has 1 fully saturated rings. The lowest BCUT2D eigenvalue weighted by Crippen LogP contribution is -2.20. The second-order valence-electron chi connectivity index (χ2n) is 5.96. The van der Waals surface area contributed by atoms with Crippen LogP contribution in [-0.2, 0) is 9.59 Å². The number of halogens is 2. The van der Waals surface area contributed by atoms with Gasteiger partial charge in [0.25, 0.3) is 11.8 Å². The van der Waals surface area contributed by atoms with Gasteiger partial charge in [-0.15, -0.1) is 0 Å². The van der Waals surface area contributed by atoms with Crippen molar-refractivity contribution in [3.63, 3.8) is 0 Å². The van der Waals surface area contributed by atoms with E-state index in [9.17, 15) is 9.59 Å². The van der Waals surface area contributed by atoms with Crippen molar-refractivity contribution in [2.75, 3.05) is 18.5 Å². The number of hydrogen-bond donors (Lipinski definition) is 2. The molecule has 30 heavy (non-hydrogen) atoms. The Morgan fingerprint density at radius 3 is 2.63 bits per heavy atom. The zero-order valence-electron chi connectivity index (χ0n) is 15.7. The van der Waals surface area contributed by atoms with Crippen LogP contribution in [0.2, 0.25) is 10.0 Å². The Hall–Kier alpha value is -2.26. The van der Waals surface area contributed by atoms with Gasteiger partial charge < -0.3 is 20.1 Å². The normalized spacial score (nSPS) is 14.6. The van der Waals surface area contributed by atoms with Crippen molar-refractivity contribution >= 4 is 75.1 Å². The van der Waals surface area contributed by atoms with Crippen LogP contribution in [0, 0.1) is 0 Å². The lowest BCUT2D eigenvalue weighted by atomic mass is 10.2. The first-order valence-corrected chi connectivity index (χ1v) is 10.7. The Balaban J connectivity index is 1.68. The van der Waals surface area contributed by atoms with Gasteiger partial charge in [0.1, 0.15) is 4.32 Å². The largest absolute Gasteiger partial charge is 0.490 e. The lowest BCUT2D eigenvalue weighted by Gasteiger charge is -2.13. The van der Waals surface area contributed by atoms with Crippen molar-refractivity contribution in [3.05, 3.63) is 56.9 Å². The molecule has 2 aromatic carbocycles. The van der Waals surface area contributed by atoms with Crippen molar-refractivity contribution in [1.29, 1.82) is 0 Å². The molecule has 10 heteroatoms. The fourth-order valence-corrected chi connectivity index (χ4v) is 3.83. The van der Waals surface area contributed by atoms with Crippen molar-refractivity contribution in [2.45, 2.75) is 6.92 Å². The molecule has 0 atom stereocenters. The number of carbonyl (C=O) groups excluding carboxylic acids is 2. The minimum absolute atomic E-state index is 0.229. The van der Waals surface area contributed by atoms with E-state index in [1.807, 2.05) is 6.92 Å². The molecule has 1 saturated heterocycles. The molecule has 2 N–H and O–H groups in total. The first kappa shape index (κ1) is 22.4. The van der Waals surface area contributed by atoms with Crippen molar-refractivity contribution in [1.82, 2.24) is 5.32 Å². The molecular formula is C20H16Cl2N2O4S2. The summed E-state index contributed by atoms with van der Waals surface area (Å²) in [5, 5.41) is 5.99. The van der Waals surface area contributed by atoms with E-state index < -0.39 is 0 Å². The SMILES string of the molecule is CCOc1cc(/C=C2/SC(=S)NC2=O)ccc1OCC(=O)Nc1ccc(Cl)c(Cl)c1. The van der Waals surface area contributed by atoms with E-state index >= 15 is 0 Å². The maximum Gasteiger partial charge on any atom is 0.263 e. The van der Waals surface area contributed by atoms with Gasteiger partial charge in [0.15, 0.2) is 18.1 Å². The third-order valence-corrected chi connectivity index (χ3v) is 5.67. The number of anilines is 1. The number of nitrogens with one attached hydrogen (secondary N) is 2. The van der Waals surface area contributed by atoms with Crippen LogP contribution in [0.1, 0.15) is 12.5 Å². The molecule has 6 nitrogen and oxygen atoms in total. The highest BCUT2D eigenvalue weighted by atomic mass is 35.5. The van der Waals surface area contributed by atoms with Crippen molar-refractivity contribution in [2.24, 2.45) is 0 Å². The summed E-state index contributed by atoms with van der Waals surface area (Å²) in [4.78, 5) is 24.5. The van der Waals surface area contributed by atoms with Gasteiger partial charge >= 0.3 is 0 Å². The van der Waals surface area contributed by atoms with Gasteiger partial charge in [0.2, 0.25) is 0 Å². The molecule has 0 unspecified atom stereocenters. The molecule has 1 aliphatic heterocycles. The highest BCUT2D eigenvalue weighted by Gasteiger charge is 2.22. The summed E-state index contributed by atoms with van der Waals surface area (Å²) < 4.78 is 11.7. The quantitative estimate of drug-likeness (QED) is 0.431. The number of amides is 2. The van der Waals surface area contributed by atoms with E-state index in [2.05, 4.69) is 10.6 Å². The maximum atomic E-state index is 12.2. The third-order valence-electron chi connectivity index (χ3n) is 3.77. The van der Waals surface area contributed by atoms with Gasteiger partial charge in [0.05, 0.1) is 21.6 Å². The topological polar surface area (TPSA) is 76.7 Å². The first-order chi connectivity index (χ1) is 14.4. The number of rotatable bonds is 7. The van der Waals surface area contributed by atoms with Crippen LogP contribution in [0.25, 0.3) is 6.08 Å². The van der Waals surface area contributed by atoms with Gasteiger partial charge in [-0.2, -0.15) is 0 Å². The van der Waals surface area contributed by atoms with E-state index in [0.717, 1.165) is 5.56 Å². The molecule has 2 amide bonds. The van der Waals surface area contributed by atoms with Gasteiger partial charge in [-0.1, -0.05) is 53.2 Å². The predicted octanol–water partition coefficient (Wildman–Crippen LogP) is 4.90. The maximum absolute atomic E-state index is 12.2. The van der Waals surface area contributed by atoms with E-state index in [1.54, 1.807) is 42.5 Å². The van der Waals surface area contributed by atoms with Crippen LogP contribution in [0.5, 0.6) is 11.5 Å². The Labute approximate surface area is 192 Å². The average Bonchev–Trinajstić information content (AvgIpc) is 3.01. The second kappa shape index (κ2) is 10.2. The van der Waals surface area contributed by atoms with Crippen molar-refractivity contribution in [3.8, 4) is 11.5 Å². The Kier molecular flexibility index (Phi) is 7.60. The molecular weight excluding hydrogens is 467 g/mol. The minimum atomic E-state index is -0.366. The number of hydrogen-bond acceptors (Lipinski definition) is 6. The zero-order valence-corrected chi connectivity index (χ0v) is 18.8. The first-order valence-electron chi connectivity index (χ1n) is 8.75. The molecule has 2 aromatic rings. The molecule has 1 aliphatic rings. The summed E-state index contributed by atoms with van der Waals surface area (Å²) in [5.74, 6) is 0.263.